The third-order valence-electron chi connectivity index (χ3n) is 5.27. The zero-order chi connectivity index (χ0) is 16.0. The Labute approximate surface area is 136 Å². The van der Waals surface area contributed by atoms with Crippen LogP contribution in [0, 0.1) is 0 Å². The minimum Gasteiger partial charge on any atom is -0.444 e. The van der Waals surface area contributed by atoms with Gasteiger partial charge < -0.3 is 19.9 Å². The van der Waals surface area contributed by atoms with E-state index in [1.54, 1.807) is 0 Å². The van der Waals surface area contributed by atoms with Gasteiger partial charge in [-0.05, 0) is 56.1 Å². The lowest BCUT2D eigenvalue weighted by molar-refractivity contribution is 0.140. The van der Waals surface area contributed by atoms with Gasteiger partial charge in [0, 0.05) is 29.6 Å². The third kappa shape index (κ3) is 2.70. The molecule has 0 spiro atoms. The van der Waals surface area contributed by atoms with Crippen LogP contribution in [0.2, 0.25) is 0 Å². The minimum absolute atomic E-state index is 0.0517. The highest BCUT2D eigenvalue weighted by Gasteiger charge is 2.33. The highest BCUT2D eigenvalue weighted by atomic mass is 16.6. The lowest BCUT2D eigenvalue weighted by Gasteiger charge is -2.39. The van der Waals surface area contributed by atoms with Gasteiger partial charge in [-0.3, -0.25) is 0 Å². The van der Waals surface area contributed by atoms with Gasteiger partial charge in [0.1, 0.15) is 6.10 Å². The number of alkyl carbamates (subject to hydrolysis) is 1. The molecular weight excluding hydrogens is 290 g/mol. The van der Waals surface area contributed by atoms with Crippen molar-refractivity contribution < 1.29 is 9.53 Å². The maximum Gasteiger partial charge on any atom is 0.407 e. The molecule has 2 aromatic rings. The summed E-state index contributed by atoms with van der Waals surface area (Å²) in [5.74, 6) is 0.650. The number of carbonyl (C=O) groups is 1. The molecule has 1 saturated carbocycles. The topological polar surface area (TPSA) is 57.4 Å². The molecule has 122 valence electrons. The van der Waals surface area contributed by atoms with Crippen LogP contribution in [0.1, 0.15) is 29.9 Å². The summed E-state index contributed by atoms with van der Waals surface area (Å²) in [4.78, 5) is 16.9. The first-order chi connectivity index (χ1) is 11.1. The molecule has 2 aliphatic rings. The monoisotopic (exact) mass is 313 g/mol. The first kappa shape index (κ1) is 14.6. The molecule has 1 amide bonds. The van der Waals surface area contributed by atoms with Gasteiger partial charge in [-0.15, -0.1) is 0 Å². The third-order valence-corrected chi connectivity index (χ3v) is 5.27. The summed E-state index contributed by atoms with van der Waals surface area (Å²) in [7, 11) is 4.32. The second-order valence-corrected chi connectivity index (χ2v) is 7.02. The molecule has 1 aromatic heterocycles. The van der Waals surface area contributed by atoms with Crippen LogP contribution < -0.4 is 5.32 Å². The van der Waals surface area contributed by atoms with Crippen molar-refractivity contribution in [2.45, 2.75) is 37.3 Å². The fraction of sp³-hybridized carbons (Fsp3) is 0.500. The molecule has 1 aromatic carbocycles. The maximum atomic E-state index is 11.1. The number of aromatic amines is 1. The largest absolute Gasteiger partial charge is 0.444 e. The Morgan fingerprint density at radius 3 is 2.83 bits per heavy atom. The average molecular weight is 313 g/mol. The molecule has 23 heavy (non-hydrogen) atoms. The number of rotatable bonds is 4. The molecule has 2 heterocycles. The molecule has 1 atom stereocenters. The van der Waals surface area contributed by atoms with Crippen molar-refractivity contribution in [1.29, 1.82) is 0 Å². The van der Waals surface area contributed by atoms with Crippen molar-refractivity contribution in [2.75, 3.05) is 20.6 Å². The average Bonchev–Trinajstić information content (AvgIpc) is 3.04. The zero-order valence-electron chi connectivity index (χ0n) is 13.6. The molecule has 0 radical (unpaired) electrons. The molecule has 0 bridgehead atoms. The molecule has 1 saturated heterocycles. The van der Waals surface area contributed by atoms with E-state index in [1.807, 2.05) is 0 Å². The number of aromatic nitrogens is 1. The van der Waals surface area contributed by atoms with E-state index in [4.69, 9.17) is 4.74 Å². The highest BCUT2D eigenvalue weighted by Crippen LogP contribution is 2.41. The van der Waals surface area contributed by atoms with Crippen LogP contribution in [0.25, 0.3) is 10.9 Å². The van der Waals surface area contributed by atoms with Crippen LogP contribution in [0.4, 0.5) is 4.79 Å². The van der Waals surface area contributed by atoms with Gasteiger partial charge in [-0.1, -0.05) is 6.07 Å². The van der Waals surface area contributed by atoms with Crippen molar-refractivity contribution in [3.63, 3.8) is 0 Å². The quantitative estimate of drug-likeness (QED) is 0.912. The van der Waals surface area contributed by atoms with Crippen LogP contribution in [0.5, 0.6) is 0 Å². The predicted octanol–water partition coefficient (Wildman–Crippen LogP) is 2.63. The summed E-state index contributed by atoms with van der Waals surface area (Å²) >= 11 is 0. The Bertz CT molecular complexity index is 731. The van der Waals surface area contributed by atoms with Gasteiger partial charge in [0.2, 0.25) is 0 Å². The van der Waals surface area contributed by atoms with Crippen LogP contribution in [-0.4, -0.2) is 48.8 Å². The van der Waals surface area contributed by atoms with Crippen molar-refractivity contribution in [2.24, 2.45) is 0 Å². The van der Waals surface area contributed by atoms with Crippen LogP contribution in [0.15, 0.2) is 24.4 Å². The smallest absolute Gasteiger partial charge is 0.407 e. The van der Waals surface area contributed by atoms with Gasteiger partial charge in [0.05, 0.1) is 6.54 Å². The zero-order valence-corrected chi connectivity index (χ0v) is 13.6. The van der Waals surface area contributed by atoms with E-state index in [0.717, 1.165) is 6.42 Å². The molecule has 1 aliphatic carbocycles. The Kier molecular flexibility index (Phi) is 3.53. The summed E-state index contributed by atoms with van der Waals surface area (Å²) in [6.45, 7) is 0.601. The van der Waals surface area contributed by atoms with E-state index in [2.05, 4.69) is 53.7 Å². The number of amides is 1. The summed E-state index contributed by atoms with van der Waals surface area (Å²) in [6, 6.07) is 7.23. The van der Waals surface area contributed by atoms with Gasteiger partial charge >= 0.3 is 6.09 Å². The van der Waals surface area contributed by atoms with E-state index in [-0.39, 0.29) is 12.2 Å². The van der Waals surface area contributed by atoms with E-state index >= 15 is 0 Å². The molecule has 2 fully saturated rings. The van der Waals surface area contributed by atoms with E-state index in [9.17, 15) is 4.79 Å². The molecular formula is C18H23N3O2. The number of carbonyl (C=O) groups excluding carboxylic acids is 1. The summed E-state index contributed by atoms with van der Waals surface area (Å²) in [5, 5.41) is 4.03. The summed E-state index contributed by atoms with van der Waals surface area (Å²) in [6.07, 6.45) is 5.04. The highest BCUT2D eigenvalue weighted by molar-refractivity contribution is 5.84. The van der Waals surface area contributed by atoms with E-state index < -0.39 is 0 Å². The first-order valence-corrected chi connectivity index (χ1v) is 8.31. The summed E-state index contributed by atoms with van der Waals surface area (Å²) < 4.78 is 5.25. The fourth-order valence-corrected chi connectivity index (χ4v) is 3.73. The van der Waals surface area contributed by atoms with Crippen molar-refractivity contribution in [3.05, 3.63) is 35.5 Å². The molecule has 1 aliphatic heterocycles. The van der Waals surface area contributed by atoms with Crippen molar-refractivity contribution in [1.82, 2.24) is 15.2 Å². The number of hydrogen-bond donors (Lipinski definition) is 2. The second-order valence-electron chi connectivity index (χ2n) is 7.02. The maximum absolute atomic E-state index is 11.1. The number of nitrogens with one attached hydrogen (secondary N) is 2. The van der Waals surface area contributed by atoms with Crippen molar-refractivity contribution >= 4 is 17.0 Å². The number of ether oxygens (including phenoxy) is 1. The van der Waals surface area contributed by atoms with Crippen LogP contribution in [0.3, 0.4) is 0 Å². The fourth-order valence-electron chi connectivity index (χ4n) is 3.73. The predicted molar refractivity (Wildman–Crippen MR) is 89.7 cm³/mol. The Morgan fingerprint density at radius 2 is 2.13 bits per heavy atom. The Balaban J connectivity index is 1.53. The molecule has 1 unspecified atom stereocenters. The Morgan fingerprint density at radius 1 is 1.30 bits per heavy atom. The number of benzene rings is 1. The SMILES string of the molecule is CN(C)C1CC(c2c[nH]c3ccc(CC4CNC(=O)O4)cc23)C1. The number of nitrogens with zero attached hydrogens (tertiary/aromatic N) is 1. The molecule has 4 rings (SSSR count). The van der Waals surface area contributed by atoms with Crippen LogP contribution in [-0.2, 0) is 11.2 Å². The molecule has 5 nitrogen and oxygen atoms in total. The van der Waals surface area contributed by atoms with Gasteiger partial charge in [0.25, 0.3) is 0 Å². The van der Waals surface area contributed by atoms with Gasteiger partial charge in [-0.25, -0.2) is 4.79 Å². The number of cyclic esters (lactones) is 1. The Hall–Kier alpha value is -2.01. The van der Waals surface area contributed by atoms with Crippen LogP contribution >= 0.6 is 0 Å². The number of H-pyrrole nitrogens is 1. The first-order valence-electron chi connectivity index (χ1n) is 8.31. The standard InChI is InChI=1S/C18H23N3O2/c1-21(2)13-7-12(8-13)16-10-19-17-4-3-11(6-15(16)17)5-14-9-20-18(22)23-14/h3-4,6,10,12-14,19H,5,7-9H2,1-2H3,(H,20,22). The van der Waals surface area contributed by atoms with E-state index in [0.29, 0.717) is 18.5 Å². The summed E-state index contributed by atoms with van der Waals surface area (Å²) in [5.41, 5.74) is 3.85. The number of hydrogen-bond acceptors (Lipinski definition) is 3. The van der Waals surface area contributed by atoms with Gasteiger partial charge in [-0.2, -0.15) is 0 Å². The lowest BCUT2D eigenvalue weighted by atomic mass is 9.75. The normalized spacial score (nSPS) is 27.1. The van der Waals surface area contributed by atoms with Crippen molar-refractivity contribution in [3.8, 4) is 0 Å². The lowest BCUT2D eigenvalue weighted by Crippen LogP contribution is -2.39. The second kappa shape index (κ2) is 5.57. The van der Waals surface area contributed by atoms with Gasteiger partial charge in [0.15, 0.2) is 0 Å². The van der Waals surface area contributed by atoms with E-state index in [1.165, 1.54) is 34.9 Å². The molecule has 5 heteroatoms. The number of fused-ring (bicyclic) bond motifs is 1. The minimum atomic E-state index is -0.303. The molecule has 2 N–H and O–H groups in total.